The Kier molecular flexibility index (Phi) is 8.50. The van der Waals surface area contributed by atoms with Crippen molar-refractivity contribution in [3.8, 4) is 0 Å². The van der Waals surface area contributed by atoms with Crippen molar-refractivity contribution in [3.05, 3.63) is 71.3 Å². The summed E-state index contributed by atoms with van der Waals surface area (Å²) in [7, 11) is 0. The molecule has 3 rings (SSSR count). The SMILES string of the molecule is O=C(CNC(=O)c1cccc(C(F)(F)F)c1)NC1CCC(NC(=O)OCc2ccccc2)CC1. The molecule has 0 radical (unpaired) electrons. The van der Waals surface area contributed by atoms with Gasteiger partial charge in [0.2, 0.25) is 5.91 Å². The first-order chi connectivity index (χ1) is 16.2. The quantitative estimate of drug-likeness (QED) is 0.565. The van der Waals surface area contributed by atoms with Crippen molar-refractivity contribution in [1.29, 1.82) is 0 Å². The molecule has 3 amide bonds. The van der Waals surface area contributed by atoms with E-state index in [1.165, 1.54) is 6.07 Å². The highest BCUT2D eigenvalue weighted by atomic mass is 19.4. The molecule has 1 aliphatic rings. The van der Waals surface area contributed by atoms with Crippen molar-refractivity contribution >= 4 is 17.9 Å². The standard InChI is InChI=1S/C24H26F3N3O4/c25-24(26,27)18-8-4-7-17(13-18)22(32)28-14-21(31)29-19-9-11-20(12-10-19)30-23(33)34-15-16-5-2-1-3-6-16/h1-8,13,19-20H,9-12,14-15H2,(H,28,32)(H,29,31)(H,30,33). The zero-order valence-electron chi connectivity index (χ0n) is 18.4. The van der Waals surface area contributed by atoms with Crippen molar-refractivity contribution in [2.45, 2.75) is 50.6 Å². The van der Waals surface area contributed by atoms with Crippen LogP contribution in [0.15, 0.2) is 54.6 Å². The van der Waals surface area contributed by atoms with Gasteiger partial charge in [0.25, 0.3) is 5.91 Å². The first-order valence-electron chi connectivity index (χ1n) is 10.9. The van der Waals surface area contributed by atoms with Crippen LogP contribution in [-0.4, -0.2) is 36.5 Å². The van der Waals surface area contributed by atoms with E-state index in [2.05, 4.69) is 16.0 Å². The number of amides is 3. The number of alkyl halides is 3. The largest absolute Gasteiger partial charge is 0.445 e. The third-order valence-corrected chi connectivity index (χ3v) is 5.49. The van der Waals surface area contributed by atoms with Crippen LogP contribution < -0.4 is 16.0 Å². The zero-order valence-corrected chi connectivity index (χ0v) is 18.4. The number of halogens is 3. The van der Waals surface area contributed by atoms with Crippen LogP contribution in [0.3, 0.4) is 0 Å². The zero-order chi connectivity index (χ0) is 24.6. The van der Waals surface area contributed by atoms with Gasteiger partial charge in [-0.15, -0.1) is 0 Å². The Labute approximate surface area is 195 Å². The van der Waals surface area contributed by atoms with Gasteiger partial charge in [-0.25, -0.2) is 4.79 Å². The first kappa shape index (κ1) is 25.1. The third-order valence-electron chi connectivity index (χ3n) is 5.49. The van der Waals surface area contributed by atoms with E-state index in [0.717, 1.165) is 23.8 Å². The van der Waals surface area contributed by atoms with Gasteiger partial charge >= 0.3 is 12.3 Å². The van der Waals surface area contributed by atoms with Gasteiger partial charge in [-0.1, -0.05) is 36.4 Å². The minimum absolute atomic E-state index is 0.0583. The average Bonchev–Trinajstić information content (AvgIpc) is 2.83. The number of benzene rings is 2. The van der Waals surface area contributed by atoms with Gasteiger partial charge in [-0.05, 0) is 49.4 Å². The maximum absolute atomic E-state index is 12.8. The van der Waals surface area contributed by atoms with Crippen LogP contribution in [0.25, 0.3) is 0 Å². The molecule has 2 aromatic rings. The molecule has 3 N–H and O–H groups in total. The molecule has 2 aromatic carbocycles. The van der Waals surface area contributed by atoms with Crippen molar-refractivity contribution in [1.82, 2.24) is 16.0 Å². The number of hydrogen-bond donors (Lipinski definition) is 3. The van der Waals surface area contributed by atoms with E-state index < -0.39 is 29.6 Å². The van der Waals surface area contributed by atoms with Crippen molar-refractivity contribution in [3.63, 3.8) is 0 Å². The van der Waals surface area contributed by atoms with E-state index >= 15 is 0 Å². The molecule has 0 spiro atoms. The molecule has 1 aliphatic carbocycles. The van der Waals surface area contributed by atoms with Gasteiger partial charge in [0.15, 0.2) is 0 Å². The number of rotatable bonds is 7. The summed E-state index contributed by atoms with van der Waals surface area (Å²) in [5.74, 6) is -1.19. The molecule has 34 heavy (non-hydrogen) atoms. The second kappa shape index (κ2) is 11.5. The summed E-state index contributed by atoms with van der Waals surface area (Å²) in [6.07, 6.45) is -2.47. The molecule has 7 nitrogen and oxygen atoms in total. The summed E-state index contributed by atoms with van der Waals surface area (Å²) < 4.78 is 43.6. The van der Waals surface area contributed by atoms with Gasteiger partial charge < -0.3 is 20.7 Å². The Balaban J connectivity index is 1.34. The Bertz CT molecular complexity index is 990. The van der Waals surface area contributed by atoms with E-state index in [0.29, 0.717) is 25.7 Å². The van der Waals surface area contributed by atoms with Crippen molar-refractivity contribution in [2.24, 2.45) is 0 Å². The monoisotopic (exact) mass is 477 g/mol. The summed E-state index contributed by atoms with van der Waals surface area (Å²) in [4.78, 5) is 36.2. The maximum Gasteiger partial charge on any atom is 0.416 e. The second-order valence-corrected chi connectivity index (χ2v) is 8.08. The van der Waals surface area contributed by atoms with Gasteiger partial charge in [-0.2, -0.15) is 13.2 Å². The van der Waals surface area contributed by atoms with Gasteiger partial charge in [0.05, 0.1) is 12.1 Å². The van der Waals surface area contributed by atoms with E-state index in [4.69, 9.17) is 4.74 Å². The van der Waals surface area contributed by atoms with Crippen LogP contribution in [0.4, 0.5) is 18.0 Å². The molecule has 0 bridgehead atoms. The molecule has 182 valence electrons. The fraction of sp³-hybridized carbons (Fsp3) is 0.375. The highest BCUT2D eigenvalue weighted by Crippen LogP contribution is 2.29. The van der Waals surface area contributed by atoms with Crippen LogP contribution in [0.5, 0.6) is 0 Å². The van der Waals surface area contributed by atoms with E-state index in [1.807, 2.05) is 30.3 Å². The summed E-state index contributed by atoms with van der Waals surface area (Å²) in [5.41, 5.74) is -0.212. The number of carbonyl (C=O) groups excluding carboxylic acids is 3. The molecule has 0 aromatic heterocycles. The van der Waals surface area contributed by atoms with Gasteiger partial charge in [0, 0.05) is 17.6 Å². The Hall–Kier alpha value is -3.56. The summed E-state index contributed by atoms with van der Waals surface area (Å²) in [6.45, 7) is -0.163. The maximum atomic E-state index is 12.8. The Morgan fingerprint density at radius 3 is 2.18 bits per heavy atom. The number of ether oxygens (including phenoxy) is 1. The topological polar surface area (TPSA) is 96.5 Å². The third kappa shape index (κ3) is 7.79. The minimum atomic E-state index is -4.56. The molecule has 10 heteroatoms. The minimum Gasteiger partial charge on any atom is -0.445 e. The molecule has 1 fully saturated rings. The molecular formula is C24H26F3N3O4. The average molecular weight is 477 g/mol. The second-order valence-electron chi connectivity index (χ2n) is 8.08. The van der Waals surface area contributed by atoms with Crippen molar-refractivity contribution in [2.75, 3.05) is 6.54 Å². The van der Waals surface area contributed by atoms with Crippen LogP contribution in [-0.2, 0) is 22.3 Å². The summed E-state index contributed by atoms with van der Waals surface area (Å²) >= 11 is 0. The number of carbonyl (C=O) groups is 3. The highest BCUT2D eigenvalue weighted by molar-refractivity contribution is 5.96. The molecule has 0 heterocycles. The Morgan fingerprint density at radius 2 is 1.53 bits per heavy atom. The summed E-state index contributed by atoms with van der Waals surface area (Å²) in [6, 6.07) is 13.2. The lowest BCUT2D eigenvalue weighted by Crippen LogP contribution is -2.46. The highest BCUT2D eigenvalue weighted by Gasteiger charge is 2.31. The lowest BCUT2D eigenvalue weighted by atomic mass is 9.91. The van der Waals surface area contributed by atoms with Crippen molar-refractivity contribution < 1.29 is 32.3 Å². The van der Waals surface area contributed by atoms with E-state index in [1.54, 1.807) is 0 Å². The normalized spacial score (nSPS) is 18.0. The fourth-order valence-corrected chi connectivity index (χ4v) is 3.69. The smallest absolute Gasteiger partial charge is 0.416 e. The molecular weight excluding hydrogens is 451 g/mol. The van der Waals surface area contributed by atoms with E-state index in [9.17, 15) is 27.6 Å². The molecule has 0 unspecified atom stereocenters. The fourth-order valence-electron chi connectivity index (χ4n) is 3.69. The van der Waals surface area contributed by atoms with E-state index in [-0.39, 0.29) is 30.8 Å². The Morgan fingerprint density at radius 1 is 0.882 bits per heavy atom. The molecule has 0 aliphatic heterocycles. The van der Waals surface area contributed by atoms with Crippen LogP contribution >= 0.6 is 0 Å². The van der Waals surface area contributed by atoms with Crippen LogP contribution in [0.1, 0.15) is 47.2 Å². The van der Waals surface area contributed by atoms with Crippen LogP contribution in [0.2, 0.25) is 0 Å². The van der Waals surface area contributed by atoms with Gasteiger partial charge in [0.1, 0.15) is 6.61 Å². The lowest BCUT2D eigenvalue weighted by Gasteiger charge is -2.29. The molecule has 1 saturated carbocycles. The predicted molar refractivity (Wildman–Crippen MR) is 118 cm³/mol. The lowest BCUT2D eigenvalue weighted by molar-refractivity contribution is -0.137. The summed E-state index contributed by atoms with van der Waals surface area (Å²) in [5, 5.41) is 7.97. The number of hydrogen-bond acceptors (Lipinski definition) is 4. The number of alkyl carbamates (subject to hydrolysis) is 1. The predicted octanol–water partition coefficient (Wildman–Crippen LogP) is 3.79. The number of nitrogens with one attached hydrogen (secondary N) is 3. The first-order valence-corrected chi connectivity index (χ1v) is 10.9. The van der Waals surface area contributed by atoms with Crippen LogP contribution in [0, 0.1) is 0 Å². The molecule has 0 atom stereocenters. The van der Waals surface area contributed by atoms with Gasteiger partial charge in [-0.3, -0.25) is 9.59 Å². The molecule has 0 saturated heterocycles.